The highest BCUT2D eigenvalue weighted by molar-refractivity contribution is 6.20. The SMILES string of the molecule is Fc1cccc(CC(Cl)C2CCCCC2)c1F. The second-order valence-electron chi connectivity index (χ2n) is 4.83. The van der Waals surface area contributed by atoms with E-state index in [1.165, 1.54) is 25.3 Å². The predicted octanol–water partition coefficient (Wildman–Crippen LogP) is 4.70. The van der Waals surface area contributed by atoms with Gasteiger partial charge in [-0.2, -0.15) is 0 Å². The minimum atomic E-state index is -0.782. The van der Waals surface area contributed by atoms with Crippen molar-refractivity contribution in [3.63, 3.8) is 0 Å². The zero-order valence-electron chi connectivity index (χ0n) is 9.76. The van der Waals surface area contributed by atoms with Gasteiger partial charge in [0.05, 0.1) is 0 Å². The first kappa shape index (κ1) is 12.8. The Morgan fingerprint density at radius 1 is 1.18 bits per heavy atom. The van der Waals surface area contributed by atoms with E-state index in [0.717, 1.165) is 18.9 Å². The van der Waals surface area contributed by atoms with Crippen LogP contribution in [0.25, 0.3) is 0 Å². The minimum Gasteiger partial charge on any atom is -0.204 e. The molecule has 2 rings (SSSR count). The van der Waals surface area contributed by atoms with E-state index in [4.69, 9.17) is 11.6 Å². The van der Waals surface area contributed by atoms with Crippen LogP contribution in [0.3, 0.4) is 0 Å². The van der Waals surface area contributed by atoms with Crippen molar-refractivity contribution >= 4 is 11.6 Å². The Bertz CT molecular complexity index is 372. The van der Waals surface area contributed by atoms with Gasteiger partial charge < -0.3 is 0 Å². The van der Waals surface area contributed by atoms with E-state index < -0.39 is 11.6 Å². The lowest BCUT2D eigenvalue weighted by molar-refractivity contribution is 0.342. The van der Waals surface area contributed by atoms with E-state index in [9.17, 15) is 8.78 Å². The Labute approximate surface area is 106 Å². The van der Waals surface area contributed by atoms with Crippen molar-refractivity contribution in [3.8, 4) is 0 Å². The molecule has 94 valence electrons. The number of alkyl halides is 1. The summed E-state index contributed by atoms with van der Waals surface area (Å²) in [7, 11) is 0. The molecule has 1 unspecified atom stereocenters. The molecule has 0 spiro atoms. The number of benzene rings is 1. The summed E-state index contributed by atoms with van der Waals surface area (Å²) < 4.78 is 26.5. The van der Waals surface area contributed by atoms with Crippen molar-refractivity contribution in [1.29, 1.82) is 0 Å². The molecule has 0 saturated heterocycles. The van der Waals surface area contributed by atoms with Crippen LogP contribution in [0.1, 0.15) is 37.7 Å². The van der Waals surface area contributed by atoms with Gasteiger partial charge in [0.2, 0.25) is 0 Å². The Balaban J connectivity index is 2.01. The number of halogens is 3. The van der Waals surface area contributed by atoms with Gasteiger partial charge in [-0.3, -0.25) is 0 Å². The lowest BCUT2D eigenvalue weighted by Crippen LogP contribution is -2.20. The van der Waals surface area contributed by atoms with Gasteiger partial charge in [-0.25, -0.2) is 8.78 Å². The first-order chi connectivity index (χ1) is 8.18. The van der Waals surface area contributed by atoms with Crippen LogP contribution < -0.4 is 0 Å². The summed E-state index contributed by atoms with van der Waals surface area (Å²) in [6.45, 7) is 0. The Morgan fingerprint density at radius 2 is 1.88 bits per heavy atom. The van der Waals surface area contributed by atoms with Crippen LogP contribution in [0.4, 0.5) is 8.78 Å². The summed E-state index contributed by atoms with van der Waals surface area (Å²) in [5.74, 6) is -1.07. The van der Waals surface area contributed by atoms with E-state index in [0.29, 0.717) is 17.9 Å². The van der Waals surface area contributed by atoms with Gasteiger partial charge >= 0.3 is 0 Å². The number of rotatable bonds is 3. The maximum absolute atomic E-state index is 13.5. The lowest BCUT2D eigenvalue weighted by atomic mass is 9.85. The van der Waals surface area contributed by atoms with E-state index in [1.54, 1.807) is 6.07 Å². The molecule has 0 bridgehead atoms. The van der Waals surface area contributed by atoms with E-state index >= 15 is 0 Å². The average Bonchev–Trinajstić information content (AvgIpc) is 2.36. The van der Waals surface area contributed by atoms with Gasteiger partial charge in [0.1, 0.15) is 0 Å². The van der Waals surface area contributed by atoms with Crippen molar-refractivity contribution < 1.29 is 8.78 Å². The van der Waals surface area contributed by atoms with Crippen LogP contribution in [-0.4, -0.2) is 5.38 Å². The summed E-state index contributed by atoms with van der Waals surface area (Å²) >= 11 is 6.33. The third-order valence-electron chi connectivity index (χ3n) is 3.61. The van der Waals surface area contributed by atoms with Crippen molar-refractivity contribution in [2.24, 2.45) is 5.92 Å². The molecule has 0 aromatic heterocycles. The highest BCUT2D eigenvalue weighted by atomic mass is 35.5. The summed E-state index contributed by atoms with van der Waals surface area (Å²) in [6.07, 6.45) is 6.35. The quantitative estimate of drug-likeness (QED) is 0.690. The van der Waals surface area contributed by atoms with E-state index in [-0.39, 0.29) is 5.38 Å². The molecule has 0 aliphatic heterocycles. The summed E-state index contributed by atoms with van der Waals surface area (Å²) in [5, 5.41) is -0.0772. The maximum Gasteiger partial charge on any atom is 0.162 e. The van der Waals surface area contributed by atoms with Gasteiger partial charge in [-0.1, -0.05) is 31.4 Å². The first-order valence-electron chi connectivity index (χ1n) is 6.25. The highest BCUT2D eigenvalue weighted by Gasteiger charge is 2.23. The Morgan fingerprint density at radius 3 is 2.59 bits per heavy atom. The topological polar surface area (TPSA) is 0 Å². The number of hydrogen-bond acceptors (Lipinski definition) is 0. The van der Waals surface area contributed by atoms with Gasteiger partial charge in [0, 0.05) is 5.38 Å². The summed E-state index contributed by atoms with van der Waals surface area (Å²) in [4.78, 5) is 0. The van der Waals surface area contributed by atoms with Crippen molar-refractivity contribution in [1.82, 2.24) is 0 Å². The fourth-order valence-corrected chi connectivity index (χ4v) is 3.00. The van der Waals surface area contributed by atoms with E-state index in [2.05, 4.69) is 0 Å². The van der Waals surface area contributed by atoms with Crippen LogP contribution in [0.2, 0.25) is 0 Å². The molecular formula is C14H17ClF2. The van der Waals surface area contributed by atoms with Crippen molar-refractivity contribution in [2.75, 3.05) is 0 Å². The molecule has 1 atom stereocenters. The van der Waals surface area contributed by atoms with Gasteiger partial charge in [0.15, 0.2) is 11.6 Å². The lowest BCUT2D eigenvalue weighted by Gasteiger charge is -2.26. The normalized spacial score (nSPS) is 19.2. The van der Waals surface area contributed by atoms with Gasteiger partial charge in [-0.05, 0) is 36.8 Å². The van der Waals surface area contributed by atoms with Crippen LogP contribution >= 0.6 is 11.6 Å². The standard InChI is InChI=1S/C14H17ClF2/c15-12(10-5-2-1-3-6-10)9-11-7-4-8-13(16)14(11)17/h4,7-8,10,12H,1-3,5-6,9H2. The van der Waals surface area contributed by atoms with Crippen molar-refractivity contribution in [3.05, 3.63) is 35.4 Å². The fraction of sp³-hybridized carbons (Fsp3) is 0.571. The molecule has 1 aliphatic carbocycles. The molecule has 1 aromatic rings. The third-order valence-corrected chi connectivity index (χ3v) is 4.12. The highest BCUT2D eigenvalue weighted by Crippen LogP contribution is 2.31. The summed E-state index contributed by atoms with van der Waals surface area (Å²) in [5.41, 5.74) is 0.399. The smallest absolute Gasteiger partial charge is 0.162 e. The maximum atomic E-state index is 13.5. The molecule has 0 nitrogen and oxygen atoms in total. The molecule has 1 aromatic carbocycles. The second kappa shape index (κ2) is 5.81. The molecule has 0 N–H and O–H groups in total. The molecule has 0 radical (unpaired) electrons. The van der Waals surface area contributed by atoms with Crippen molar-refractivity contribution in [2.45, 2.75) is 43.9 Å². The van der Waals surface area contributed by atoms with Crippen LogP contribution in [-0.2, 0) is 6.42 Å². The average molecular weight is 259 g/mol. The molecule has 3 heteroatoms. The Kier molecular flexibility index (Phi) is 4.38. The van der Waals surface area contributed by atoms with Gasteiger partial charge in [0.25, 0.3) is 0 Å². The second-order valence-corrected chi connectivity index (χ2v) is 5.39. The molecular weight excluding hydrogens is 242 g/mol. The largest absolute Gasteiger partial charge is 0.204 e. The minimum absolute atomic E-state index is 0.0772. The number of hydrogen-bond donors (Lipinski definition) is 0. The molecule has 0 amide bonds. The molecule has 1 saturated carbocycles. The molecule has 1 aliphatic rings. The zero-order valence-corrected chi connectivity index (χ0v) is 10.5. The monoisotopic (exact) mass is 258 g/mol. The van der Waals surface area contributed by atoms with Gasteiger partial charge in [-0.15, -0.1) is 11.6 Å². The van der Waals surface area contributed by atoms with E-state index in [1.807, 2.05) is 0 Å². The molecule has 17 heavy (non-hydrogen) atoms. The predicted molar refractivity (Wildman–Crippen MR) is 66.3 cm³/mol. The van der Waals surface area contributed by atoms with Crippen LogP contribution in [0, 0.1) is 17.6 Å². The fourth-order valence-electron chi connectivity index (χ4n) is 2.58. The van der Waals surface area contributed by atoms with Crippen LogP contribution in [0.5, 0.6) is 0 Å². The first-order valence-corrected chi connectivity index (χ1v) is 6.69. The molecule has 1 fully saturated rings. The zero-order chi connectivity index (χ0) is 12.3. The summed E-state index contributed by atoms with van der Waals surface area (Å²) in [6, 6.07) is 4.30. The molecule has 0 heterocycles. The Hall–Kier alpha value is -0.630. The van der Waals surface area contributed by atoms with Crippen LogP contribution in [0.15, 0.2) is 18.2 Å². The third kappa shape index (κ3) is 3.19.